The SMILES string of the molecule is NCC12CC(NC(=O)c3ccc(Oc4ccccc4)cc3)(CO1)C2.O=C(O)C(F)(F)F. The Labute approximate surface area is 175 Å². The maximum absolute atomic E-state index is 12.5. The molecular weight excluding hydrogens is 417 g/mol. The van der Waals surface area contributed by atoms with Gasteiger partial charge in [0, 0.05) is 24.9 Å². The Hall–Kier alpha value is -3.11. The normalized spacial score (nSPS) is 23.7. The van der Waals surface area contributed by atoms with Crippen molar-refractivity contribution in [2.75, 3.05) is 13.2 Å². The summed E-state index contributed by atoms with van der Waals surface area (Å²) >= 11 is 0. The van der Waals surface area contributed by atoms with Crippen LogP contribution in [0.5, 0.6) is 11.5 Å². The van der Waals surface area contributed by atoms with E-state index in [0.29, 0.717) is 24.5 Å². The summed E-state index contributed by atoms with van der Waals surface area (Å²) in [5.41, 5.74) is 5.90. The first kappa shape index (κ1) is 22.6. The Morgan fingerprint density at radius 1 is 1.06 bits per heavy atom. The third-order valence-corrected chi connectivity index (χ3v) is 5.06. The van der Waals surface area contributed by atoms with Gasteiger partial charge in [0.05, 0.1) is 17.7 Å². The van der Waals surface area contributed by atoms with Crippen LogP contribution in [0.1, 0.15) is 23.2 Å². The average molecular weight is 438 g/mol. The number of amides is 1. The molecule has 0 unspecified atom stereocenters. The van der Waals surface area contributed by atoms with E-state index in [-0.39, 0.29) is 17.0 Å². The fourth-order valence-electron chi connectivity index (χ4n) is 3.62. The van der Waals surface area contributed by atoms with E-state index in [0.717, 1.165) is 18.6 Å². The molecule has 7 nitrogen and oxygen atoms in total. The minimum Gasteiger partial charge on any atom is -0.475 e. The third-order valence-electron chi connectivity index (χ3n) is 5.06. The molecule has 166 valence electrons. The molecule has 2 saturated heterocycles. The molecule has 3 aliphatic rings. The molecule has 31 heavy (non-hydrogen) atoms. The number of carbonyl (C=O) groups is 2. The lowest BCUT2D eigenvalue weighted by Gasteiger charge is -2.44. The molecule has 1 aliphatic carbocycles. The van der Waals surface area contributed by atoms with Crippen molar-refractivity contribution in [1.82, 2.24) is 5.32 Å². The van der Waals surface area contributed by atoms with Crippen LogP contribution in [0.4, 0.5) is 13.2 Å². The summed E-state index contributed by atoms with van der Waals surface area (Å²) in [4.78, 5) is 21.3. The lowest BCUT2D eigenvalue weighted by atomic mass is 9.68. The second-order valence-electron chi connectivity index (χ2n) is 7.51. The van der Waals surface area contributed by atoms with Crippen molar-refractivity contribution in [1.29, 1.82) is 0 Å². The molecular formula is C21H21F3N2O5. The Bertz CT molecular complexity index is 926. The van der Waals surface area contributed by atoms with E-state index in [9.17, 15) is 18.0 Å². The number of carbonyl (C=O) groups excluding carboxylic acids is 1. The molecule has 0 atom stereocenters. The number of carboxylic acids is 1. The summed E-state index contributed by atoms with van der Waals surface area (Å²) in [5.74, 6) is -1.37. The van der Waals surface area contributed by atoms with Crippen molar-refractivity contribution in [3.05, 3.63) is 60.2 Å². The van der Waals surface area contributed by atoms with Crippen molar-refractivity contribution < 1.29 is 37.3 Å². The summed E-state index contributed by atoms with van der Waals surface area (Å²) in [6, 6.07) is 16.7. The van der Waals surface area contributed by atoms with Crippen LogP contribution in [0.2, 0.25) is 0 Å². The standard InChI is InChI=1S/C19H20N2O3.C2HF3O2/c20-12-19-10-18(11-19,13-23-19)21-17(22)14-6-8-16(9-7-14)24-15-4-2-1-3-5-15;3-2(4,5)1(6)7/h1-9H,10-13,20H2,(H,21,22);(H,6,7). The summed E-state index contributed by atoms with van der Waals surface area (Å²) in [6.07, 6.45) is -3.48. The van der Waals surface area contributed by atoms with Crippen molar-refractivity contribution in [2.45, 2.75) is 30.2 Å². The first-order valence-electron chi connectivity index (χ1n) is 9.36. The molecule has 1 saturated carbocycles. The summed E-state index contributed by atoms with van der Waals surface area (Å²) in [5, 5.41) is 10.2. The van der Waals surface area contributed by atoms with E-state index >= 15 is 0 Å². The van der Waals surface area contributed by atoms with Crippen LogP contribution in [0.15, 0.2) is 54.6 Å². The zero-order chi connectivity index (χ0) is 22.7. The van der Waals surface area contributed by atoms with Crippen LogP contribution in [0.25, 0.3) is 0 Å². The van der Waals surface area contributed by atoms with Crippen LogP contribution in [-0.2, 0) is 9.53 Å². The zero-order valence-electron chi connectivity index (χ0n) is 16.3. The molecule has 2 bridgehead atoms. The number of carboxylic acid groups (broad SMARTS) is 1. The quantitative estimate of drug-likeness (QED) is 0.662. The molecule has 2 heterocycles. The molecule has 4 N–H and O–H groups in total. The molecule has 3 fully saturated rings. The van der Waals surface area contributed by atoms with Gasteiger partial charge in [0.15, 0.2) is 0 Å². The zero-order valence-corrected chi connectivity index (χ0v) is 16.3. The smallest absolute Gasteiger partial charge is 0.475 e. The average Bonchev–Trinajstić information content (AvgIpc) is 3.25. The Balaban J connectivity index is 0.000000339. The third kappa shape index (κ3) is 5.33. The number of halogens is 3. The number of aliphatic carboxylic acids is 1. The molecule has 0 radical (unpaired) electrons. The molecule has 1 amide bonds. The number of alkyl halides is 3. The van der Waals surface area contributed by atoms with E-state index in [2.05, 4.69) is 5.32 Å². The van der Waals surface area contributed by atoms with Gasteiger partial charge in [0.2, 0.25) is 0 Å². The summed E-state index contributed by atoms with van der Waals surface area (Å²) in [6.45, 7) is 1.06. The Kier molecular flexibility index (Phi) is 6.23. The molecule has 0 aromatic heterocycles. The van der Waals surface area contributed by atoms with Gasteiger partial charge in [0.1, 0.15) is 11.5 Å². The van der Waals surface area contributed by atoms with Gasteiger partial charge in [0.25, 0.3) is 5.91 Å². The van der Waals surface area contributed by atoms with Gasteiger partial charge in [-0.25, -0.2) is 4.79 Å². The van der Waals surface area contributed by atoms with Crippen molar-refractivity contribution in [3.63, 3.8) is 0 Å². The van der Waals surface area contributed by atoms with Gasteiger partial charge in [-0.15, -0.1) is 0 Å². The predicted molar refractivity (Wildman–Crippen MR) is 104 cm³/mol. The molecule has 2 aromatic carbocycles. The molecule has 2 aliphatic heterocycles. The first-order chi connectivity index (χ1) is 14.6. The first-order valence-corrected chi connectivity index (χ1v) is 9.36. The van der Waals surface area contributed by atoms with Crippen LogP contribution in [-0.4, -0.2) is 47.5 Å². The number of fused-ring (bicyclic) bond motifs is 1. The highest BCUT2D eigenvalue weighted by atomic mass is 19.4. The second-order valence-corrected chi connectivity index (χ2v) is 7.51. The molecule has 5 rings (SSSR count). The van der Waals surface area contributed by atoms with E-state index in [1.807, 2.05) is 30.3 Å². The number of nitrogens with two attached hydrogens (primary N) is 1. The number of nitrogens with one attached hydrogen (secondary N) is 1. The minimum absolute atomic E-state index is 0.0858. The number of hydrogen-bond acceptors (Lipinski definition) is 5. The highest BCUT2D eigenvalue weighted by Gasteiger charge is 2.62. The highest BCUT2D eigenvalue weighted by molar-refractivity contribution is 5.95. The summed E-state index contributed by atoms with van der Waals surface area (Å²) in [7, 11) is 0. The lowest BCUT2D eigenvalue weighted by Crippen LogP contribution is -2.61. The lowest BCUT2D eigenvalue weighted by molar-refractivity contribution is -0.192. The number of hydrogen-bond donors (Lipinski definition) is 3. The van der Waals surface area contributed by atoms with E-state index < -0.39 is 12.1 Å². The van der Waals surface area contributed by atoms with Crippen molar-refractivity contribution in [3.8, 4) is 11.5 Å². The molecule has 10 heteroatoms. The fraction of sp³-hybridized carbons (Fsp3) is 0.333. The van der Waals surface area contributed by atoms with Gasteiger partial charge in [-0.05, 0) is 36.4 Å². The molecule has 0 spiro atoms. The van der Waals surface area contributed by atoms with Crippen molar-refractivity contribution >= 4 is 11.9 Å². The van der Waals surface area contributed by atoms with Gasteiger partial charge >= 0.3 is 12.1 Å². The van der Waals surface area contributed by atoms with Crippen molar-refractivity contribution in [2.24, 2.45) is 5.73 Å². The predicted octanol–water partition coefficient (Wildman–Crippen LogP) is 3.10. The Morgan fingerprint density at radius 3 is 2.10 bits per heavy atom. The maximum atomic E-state index is 12.5. The van der Waals surface area contributed by atoms with E-state index in [1.165, 1.54) is 0 Å². The van der Waals surface area contributed by atoms with E-state index in [1.54, 1.807) is 24.3 Å². The maximum Gasteiger partial charge on any atom is 0.490 e. The highest BCUT2D eigenvalue weighted by Crippen LogP contribution is 2.50. The van der Waals surface area contributed by atoms with Crippen LogP contribution >= 0.6 is 0 Å². The minimum atomic E-state index is -5.08. The number of benzene rings is 2. The van der Waals surface area contributed by atoms with Gasteiger partial charge in [-0.2, -0.15) is 13.2 Å². The van der Waals surface area contributed by atoms with Gasteiger partial charge in [-0.3, -0.25) is 4.79 Å². The largest absolute Gasteiger partial charge is 0.490 e. The second kappa shape index (κ2) is 8.56. The number of para-hydroxylation sites is 1. The number of rotatable bonds is 5. The van der Waals surface area contributed by atoms with E-state index in [4.69, 9.17) is 25.1 Å². The van der Waals surface area contributed by atoms with Crippen LogP contribution in [0.3, 0.4) is 0 Å². The molecule has 2 aromatic rings. The van der Waals surface area contributed by atoms with Gasteiger partial charge in [-0.1, -0.05) is 18.2 Å². The number of ether oxygens (including phenoxy) is 2. The Morgan fingerprint density at radius 2 is 1.61 bits per heavy atom. The van der Waals surface area contributed by atoms with Crippen LogP contribution in [0, 0.1) is 0 Å². The fourth-order valence-corrected chi connectivity index (χ4v) is 3.62. The topological polar surface area (TPSA) is 111 Å². The summed E-state index contributed by atoms with van der Waals surface area (Å²) < 4.78 is 43.2. The monoisotopic (exact) mass is 438 g/mol. The van der Waals surface area contributed by atoms with Crippen LogP contribution < -0.4 is 15.8 Å². The van der Waals surface area contributed by atoms with Gasteiger partial charge < -0.3 is 25.6 Å².